The number of nitrogens with one attached hydrogen (secondary N) is 1. The predicted molar refractivity (Wildman–Crippen MR) is 83.5 cm³/mol. The zero-order valence-electron chi connectivity index (χ0n) is 12.1. The molecule has 5 heteroatoms. The summed E-state index contributed by atoms with van der Waals surface area (Å²) in [4.78, 5) is 25.7. The summed E-state index contributed by atoms with van der Waals surface area (Å²) in [6.45, 7) is 2.13. The number of carbonyl (C=O) groups is 2. The molecule has 1 aliphatic rings. The third-order valence-corrected chi connectivity index (χ3v) is 3.88. The van der Waals surface area contributed by atoms with Crippen LogP contribution in [0.2, 0.25) is 5.02 Å². The smallest absolute Gasteiger partial charge is 0.251 e. The minimum absolute atomic E-state index is 0.125. The first-order chi connectivity index (χ1) is 10.2. The lowest BCUT2D eigenvalue weighted by Gasteiger charge is -2.20. The summed E-state index contributed by atoms with van der Waals surface area (Å²) in [6.07, 6.45) is 4.65. The van der Waals surface area contributed by atoms with Crippen LogP contribution in [0.25, 0.3) is 0 Å². The molecule has 1 aromatic rings. The van der Waals surface area contributed by atoms with Crippen molar-refractivity contribution in [3.8, 4) is 0 Å². The molecular formula is C16H21ClN2O2. The molecule has 1 heterocycles. The van der Waals surface area contributed by atoms with E-state index in [-0.39, 0.29) is 11.8 Å². The van der Waals surface area contributed by atoms with Gasteiger partial charge in [0.2, 0.25) is 5.91 Å². The highest BCUT2D eigenvalue weighted by Gasteiger charge is 2.15. The van der Waals surface area contributed by atoms with Gasteiger partial charge in [-0.2, -0.15) is 0 Å². The van der Waals surface area contributed by atoms with Gasteiger partial charge in [-0.05, 0) is 37.5 Å². The van der Waals surface area contributed by atoms with Gasteiger partial charge in [-0.25, -0.2) is 0 Å². The van der Waals surface area contributed by atoms with E-state index in [9.17, 15) is 9.59 Å². The number of carbonyl (C=O) groups excluding carboxylic acids is 2. The van der Waals surface area contributed by atoms with E-state index in [1.54, 1.807) is 24.3 Å². The Morgan fingerprint density at radius 1 is 1.29 bits per heavy atom. The second-order valence-corrected chi connectivity index (χ2v) is 5.75. The molecule has 21 heavy (non-hydrogen) atoms. The third-order valence-electron chi connectivity index (χ3n) is 3.65. The van der Waals surface area contributed by atoms with E-state index in [0.717, 1.165) is 32.2 Å². The lowest BCUT2D eigenvalue weighted by atomic mass is 10.2. The fourth-order valence-electron chi connectivity index (χ4n) is 2.48. The fraction of sp³-hybridized carbons (Fsp3) is 0.500. The number of hydrogen-bond acceptors (Lipinski definition) is 2. The van der Waals surface area contributed by atoms with Gasteiger partial charge in [-0.15, -0.1) is 0 Å². The van der Waals surface area contributed by atoms with E-state index in [0.29, 0.717) is 30.1 Å². The van der Waals surface area contributed by atoms with Gasteiger partial charge >= 0.3 is 0 Å². The molecule has 0 bridgehead atoms. The van der Waals surface area contributed by atoms with Crippen LogP contribution >= 0.6 is 11.6 Å². The van der Waals surface area contributed by atoms with Crippen LogP contribution in [-0.4, -0.2) is 36.3 Å². The van der Waals surface area contributed by atoms with Crippen molar-refractivity contribution >= 4 is 23.4 Å². The standard InChI is InChI=1S/C16H21ClN2O2/c17-14-7-4-6-13(12-14)16(21)18-9-5-11-19-10-3-1-2-8-15(19)20/h4,6-7,12H,1-3,5,8-11H2,(H,18,21). The zero-order chi connectivity index (χ0) is 15.1. The van der Waals surface area contributed by atoms with Gasteiger partial charge in [0.1, 0.15) is 0 Å². The molecule has 1 N–H and O–H groups in total. The van der Waals surface area contributed by atoms with Crippen molar-refractivity contribution in [2.45, 2.75) is 32.1 Å². The summed E-state index contributed by atoms with van der Waals surface area (Å²) < 4.78 is 0. The SMILES string of the molecule is O=C(NCCCN1CCCCCC1=O)c1cccc(Cl)c1. The topological polar surface area (TPSA) is 49.4 Å². The quantitative estimate of drug-likeness (QED) is 0.850. The van der Waals surface area contributed by atoms with Gasteiger partial charge in [0.25, 0.3) is 5.91 Å². The molecular weight excluding hydrogens is 288 g/mol. The van der Waals surface area contributed by atoms with Crippen molar-refractivity contribution in [1.82, 2.24) is 10.2 Å². The normalized spacial score (nSPS) is 15.7. The number of halogens is 1. The van der Waals surface area contributed by atoms with E-state index < -0.39 is 0 Å². The minimum Gasteiger partial charge on any atom is -0.352 e. The Bertz CT molecular complexity index is 505. The summed E-state index contributed by atoms with van der Waals surface area (Å²) in [5.41, 5.74) is 0.563. The summed E-state index contributed by atoms with van der Waals surface area (Å²) in [5, 5.41) is 3.41. The third kappa shape index (κ3) is 5.05. The first kappa shape index (κ1) is 15.8. The van der Waals surface area contributed by atoms with Crippen molar-refractivity contribution in [3.63, 3.8) is 0 Å². The van der Waals surface area contributed by atoms with Gasteiger partial charge in [-0.1, -0.05) is 24.1 Å². The van der Waals surface area contributed by atoms with Gasteiger partial charge in [0.05, 0.1) is 0 Å². The van der Waals surface area contributed by atoms with Crippen molar-refractivity contribution < 1.29 is 9.59 Å². The average Bonchev–Trinajstić information content (AvgIpc) is 2.68. The second-order valence-electron chi connectivity index (χ2n) is 5.31. The predicted octanol–water partition coefficient (Wildman–Crippen LogP) is 2.86. The molecule has 0 saturated carbocycles. The summed E-state index contributed by atoms with van der Waals surface area (Å²) in [6, 6.07) is 6.88. The first-order valence-corrected chi connectivity index (χ1v) is 7.86. The van der Waals surface area contributed by atoms with Crippen molar-refractivity contribution in [2.75, 3.05) is 19.6 Å². The number of hydrogen-bond donors (Lipinski definition) is 1. The number of nitrogens with zero attached hydrogens (tertiary/aromatic N) is 1. The maximum Gasteiger partial charge on any atom is 0.251 e. The molecule has 1 aromatic carbocycles. The molecule has 0 atom stereocenters. The first-order valence-electron chi connectivity index (χ1n) is 7.48. The Labute approximate surface area is 130 Å². The Morgan fingerprint density at radius 3 is 2.95 bits per heavy atom. The molecule has 1 fully saturated rings. The lowest BCUT2D eigenvalue weighted by molar-refractivity contribution is -0.130. The highest BCUT2D eigenvalue weighted by molar-refractivity contribution is 6.30. The minimum atomic E-state index is -0.125. The van der Waals surface area contributed by atoms with Crippen LogP contribution in [0.5, 0.6) is 0 Å². The molecule has 1 aliphatic heterocycles. The van der Waals surface area contributed by atoms with Crippen LogP contribution in [-0.2, 0) is 4.79 Å². The van der Waals surface area contributed by atoms with Crippen molar-refractivity contribution in [1.29, 1.82) is 0 Å². The van der Waals surface area contributed by atoms with E-state index in [1.807, 2.05) is 4.90 Å². The molecule has 4 nitrogen and oxygen atoms in total. The Hall–Kier alpha value is -1.55. The van der Waals surface area contributed by atoms with Gasteiger partial charge in [0.15, 0.2) is 0 Å². The number of rotatable bonds is 5. The monoisotopic (exact) mass is 308 g/mol. The Kier molecular flexibility index (Phi) is 6.05. The zero-order valence-corrected chi connectivity index (χ0v) is 12.9. The largest absolute Gasteiger partial charge is 0.352 e. The van der Waals surface area contributed by atoms with Crippen LogP contribution in [0.3, 0.4) is 0 Å². The summed E-state index contributed by atoms with van der Waals surface area (Å²) in [7, 11) is 0. The molecule has 0 spiro atoms. The fourth-order valence-corrected chi connectivity index (χ4v) is 2.67. The summed E-state index contributed by atoms with van der Waals surface area (Å²) in [5.74, 6) is 0.119. The molecule has 1 saturated heterocycles. The maximum atomic E-state index is 11.9. The van der Waals surface area contributed by atoms with Gasteiger partial charge in [0, 0.05) is 36.6 Å². The van der Waals surface area contributed by atoms with Crippen LogP contribution < -0.4 is 5.32 Å². The highest BCUT2D eigenvalue weighted by atomic mass is 35.5. The molecule has 0 radical (unpaired) electrons. The highest BCUT2D eigenvalue weighted by Crippen LogP contribution is 2.12. The average molecular weight is 309 g/mol. The van der Waals surface area contributed by atoms with Crippen molar-refractivity contribution in [2.24, 2.45) is 0 Å². The van der Waals surface area contributed by atoms with Crippen molar-refractivity contribution in [3.05, 3.63) is 34.9 Å². The van der Waals surface area contributed by atoms with Crippen LogP contribution in [0.15, 0.2) is 24.3 Å². The molecule has 0 aliphatic carbocycles. The van der Waals surface area contributed by atoms with Gasteiger partial charge in [-0.3, -0.25) is 9.59 Å². The molecule has 0 unspecified atom stereocenters. The van der Waals surface area contributed by atoms with E-state index in [2.05, 4.69) is 5.32 Å². The molecule has 2 amide bonds. The van der Waals surface area contributed by atoms with Gasteiger partial charge < -0.3 is 10.2 Å². The molecule has 2 rings (SSSR count). The second kappa shape index (κ2) is 8.03. The number of likely N-dealkylation sites (tertiary alicyclic amines) is 1. The summed E-state index contributed by atoms with van der Waals surface area (Å²) >= 11 is 5.86. The van der Waals surface area contributed by atoms with E-state index in [4.69, 9.17) is 11.6 Å². The molecule has 0 aromatic heterocycles. The maximum absolute atomic E-state index is 11.9. The Morgan fingerprint density at radius 2 is 2.14 bits per heavy atom. The molecule has 114 valence electrons. The number of benzene rings is 1. The van der Waals surface area contributed by atoms with E-state index in [1.165, 1.54) is 0 Å². The van der Waals surface area contributed by atoms with Crippen LogP contribution in [0.4, 0.5) is 0 Å². The van der Waals surface area contributed by atoms with E-state index >= 15 is 0 Å². The van der Waals surface area contributed by atoms with Crippen LogP contribution in [0, 0.1) is 0 Å². The Balaban J connectivity index is 1.71. The van der Waals surface area contributed by atoms with Crippen LogP contribution in [0.1, 0.15) is 42.5 Å². The number of amides is 2. The lowest BCUT2D eigenvalue weighted by Crippen LogP contribution is -2.34.